The normalized spacial score (nSPS) is 37.1. The van der Waals surface area contributed by atoms with Crippen molar-refractivity contribution in [3.8, 4) is 6.07 Å². The third-order valence-corrected chi connectivity index (χ3v) is 1.50. The molecular formula is C4H4BrNO. The minimum atomic E-state index is -0.126. The predicted molar refractivity (Wildman–Crippen MR) is 28.1 cm³/mol. The van der Waals surface area contributed by atoms with E-state index in [1.165, 1.54) is 0 Å². The monoisotopic (exact) mass is 161 g/mol. The van der Waals surface area contributed by atoms with Crippen LogP contribution in [0.15, 0.2) is 0 Å². The summed E-state index contributed by atoms with van der Waals surface area (Å²) >= 11 is 3.18. The molecule has 3 heteroatoms. The van der Waals surface area contributed by atoms with Crippen molar-refractivity contribution in [2.24, 2.45) is 0 Å². The molecule has 0 radical (unpaired) electrons. The smallest absolute Gasteiger partial charge is 0.171 e. The Labute approximate surface area is 50.2 Å². The summed E-state index contributed by atoms with van der Waals surface area (Å²) in [4.78, 5) is 0. The van der Waals surface area contributed by atoms with Gasteiger partial charge in [-0.05, 0) is 0 Å². The summed E-state index contributed by atoms with van der Waals surface area (Å²) < 4.78 is 4.81. The molecule has 1 saturated heterocycles. The van der Waals surface area contributed by atoms with E-state index in [0.717, 1.165) is 5.33 Å². The summed E-state index contributed by atoms with van der Waals surface area (Å²) in [6, 6.07) is 1.99. The molecule has 2 nitrogen and oxygen atoms in total. The number of alkyl halides is 1. The molecule has 0 aliphatic carbocycles. The first-order chi connectivity index (χ1) is 3.38. The highest BCUT2D eigenvalue weighted by Crippen LogP contribution is 2.21. The molecule has 38 valence electrons. The van der Waals surface area contributed by atoms with Gasteiger partial charge in [0.15, 0.2) is 6.10 Å². The molecule has 1 aliphatic heterocycles. The van der Waals surface area contributed by atoms with Gasteiger partial charge in [-0.3, -0.25) is 0 Å². The lowest BCUT2D eigenvalue weighted by Crippen LogP contribution is -1.88. The van der Waals surface area contributed by atoms with Crippen LogP contribution in [0.5, 0.6) is 0 Å². The van der Waals surface area contributed by atoms with Crippen molar-refractivity contribution in [2.45, 2.75) is 12.2 Å². The Morgan fingerprint density at radius 1 is 1.86 bits per heavy atom. The van der Waals surface area contributed by atoms with E-state index < -0.39 is 0 Å². The summed E-state index contributed by atoms with van der Waals surface area (Å²) in [6.07, 6.45) is 0.0457. The highest BCUT2D eigenvalue weighted by molar-refractivity contribution is 9.09. The molecule has 1 heterocycles. The second-order valence-corrected chi connectivity index (χ2v) is 2.03. The second kappa shape index (κ2) is 1.81. The zero-order valence-electron chi connectivity index (χ0n) is 3.60. The fourth-order valence-electron chi connectivity index (χ4n) is 0.374. The van der Waals surface area contributed by atoms with Crippen molar-refractivity contribution in [2.75, 3.05) is 5.33 Å². The van der Waals surface area contributed by atoms with Gasteiger partial charge in [-0.15, -0.1) is 0 Å². The number of nitrogens with zero attached hydrogens (tertiary/aromatic N) is 1. The van der Waals surface area contributed by atoms with Crippen molar-refractivity contribution in [3.63, 3.8) is 0 Å². The van der Waals surface area contributed by atoms with Crippen molar-refractivity contribution >= 4 is 15.9 Å². The Kier molecular flexibility index (Phi) is 1.31. The van der Waals surface area contributed by atoms with Crippen LogP contribution in [0.4, 0.5) is 0 Å². The van der Waals surface area contributed by atoms with Crippen molar-refractivity contribution in [1.29, 1.82) is 5.26 Å². The highest BCUT2D eigenvalue weighted by atomic mass is 79.9. The molecule has 0 N–H and O–H groups in total. The summed E-state index contributed by atoms with van der Waals surface area (Å²) in [6.45, 7) is 0. The standard InChI is InChI=1S/C4H4BrNO/c5-1-3-4(2-6)7-3/h3-4H,1H2/t3-,4-/m1/s1. The maximum atomic E-state index is 8.11. The molecule has 0 bridgehead atoms. The first kappa shape index (κ1) is 5.07. The molecular weight excluding hydrogens is 158 g/mol. The average Bonchev–Trinajstić information content (AvgIpc) is 2.43. The number of hydrogen-bond acceptors (Lipinski definition) is 2. The van der Waals surface area contributed by atoms with Crippen LogP contribution in [0.25, 0.3) is 0 Å². The van der Waals surface area contributed by atoms with Crippen LogP contribution in [0.3, 0.4) is 0 Å². The largest absolute Gasteiger partial charge is 0.353 e. The predicted octanol–water partition coefficient (Wildman–Crippen LogP) is 0.672. The topological polar surface area (TPSA) is 36.3 Å². The van der Waals surface area contributed by atoms with Crippen LogP contribution in [0.2, 0.25) is 0 Å². The lowest BCUT2D eigenvalue weighted by Gasteiger charge is -1.69. The van der Waals surface area contributed by atoms with E-state index in [2.05, 4.69) is 15.9 Å². The van der Waals surface area contributed by atoms with Crippen molar-refractivity contribution < 1.29 is 4.74 Å². The summed E-state index contributed by atoms with van der Waals surface area (Å²) in [5, 5.41) is 8.89. The Bertz CT molecular complexity index is 109. The number of rotatable bonds is 1. The molecule has 1 aliphatic rings. The molecule has 0 aromatic heterocycles. The van der Waals surface area contributed by atoms with Gasteiger partial charge in [-0.1, -0.05) is 15.9 Å². The zero-order chi connectivity index (χ0) is 5.28. The zero-order valence-corrected chi connectivity index (χ0v) is 5.18. The van der Waals surface area contributed by atoms with E-state index in [1.54, 1.807) is 0 Å². The molecule has 2 atom stereocenters. The van der Waals surface area contributed by atoms with Gasteiger partial charge in [-0.25, -0.2) is 0 Å². The SMILES string of the molecule is N#C[C@H]1O[C@@H]1CBr. The summed E-state index contributed by atoms with van der Waals surface area (Å²) in [5.74, 6) is 0. The van der Waals surface area contributed by atoms with Gasteiger partial charge < -0.3 is 4.74 Å². The minimum absolute atomic E-state index is 0.126. The van der Waals surface area contributed by atoms with Gasteiger partial charge in [0.2, 0.25) is 0 Å². The van der Waals surface area contributed by atoms with Crippen LogP contribution >= 0.6 is 15.9 Å². The number of hydrogen-bond donors (Lipinski definition) is 0. The molecule has 1 fully saturated rings. The molecule has 1 rings (SSSR count). The summed E-state index contributed by atoms with van der Waals surface area (Å²) in [7, 11) is 0. The third kappa shape index (κ3) is 0.929. The van der Waals surface area contributed by atoms with E-state index in [-0.39, 0.29) is 12.2 Å². The fraction of sp³-hybridized carbons (Fsp3) is 0.750. The molecule has 0 unspecified atom stereocenters. The first-order valence-electron chi connectivity index (χ1n) is 1.99. The molecule has 0 aromatic rings. The van der Waals surface area contributed by atoms with Crippen LogP contribution in [-0.4, -0.2) is 17.5 Å². The second-order valence-electron chi connectivity index (χ2n) is 1.38. The van der Waals surface area contributed by atoms with E-state index in [4.69, 9.17) is 10.00 Å². The van der Waals surface area contributed by atoms with Crippen LogP contribution in [0.1, 0.15) is 0 Å². The van der Waals surface area contributed by atoms with E-state index in [0.29, 0.717) is 0 Å². The average molecular weight is 162 g/mol. The maximum Gasteiger partial charge on any atom is 0.171 e. The van der Waals surface area contributed by atoms with Crippen LogP contribution < -0.4 is 0 Å². The Hall–Kier alpha value is -0.0700. The van der Waals surface area contributed by atoms with Gasteiger partial charge in [-0.2, -0.15) is 5.26 Å². The Balaban J connectivity index is 2.21. The lowest BCUT2D eigenvalue weighted by atomic mass is 10.4. The van der Waals surface area contributed by atoms with E-state index in [1.807, 2.05) is 6.07 Å². The number of halogens is 1. The Morgan fingerprint density at radius 3 is 2.71 bits per heavy atom. The molecule has 0 saturated carbocycles. The van der Waals surface area contributed by atoms with Gasteiger partial charge in [0.25, 0.3) is 0 Å². The fourth-order valence-corrected chi connectivity index (χ4v) is 0.866. The van der Waals surface area contributed by atoms with Gasteiger partial charge in [0, 0.05) is 5.33 Å². The van der Waals surface area contributed by atoms with Crippen molar-refractivity contribution in [1.82, 2.24) is 0 Å². The summed E-state index contributed by atoms with van der Waals surface area (Å²) in [5.41, 5.74) is 0. The highest BCUT2D eigenvalue weighted by Gasteiger charge is 2.37. The maximum absolute atomic E-state index is 8.11. The van der Waals surface area contributed by atoms with E-state index in [9.17, 15) is 0 Å². The third-order valence-electron chi connectivity index (χ3n) is 0.862. The van der Waals surface area contributed by atoms with Gasteiger partial charge >= 0.3 is 0 Å². The first-order valence-corrected chi connectivity index (χ1v) is 3.11. The number of epoxide rings is 1. The van der Waals surface area contributed by atoms with Gasteiger partial charge in [0.1, 0.15) is 6.10 Å². The van der Waals surface area contributed by atoms with E-state index >= 15 is 0 Å². The van der Waals surface area contributed by atoms with Crippen LogP contribution in [0, 0.1) is 11.3 Å². The number of ether oxygens (including phenoxy) is 1. The molecule has 0 aromatic carbocycles. The van der Waals surface area contributed by atoms with Crippen LogP contribution in [-0.2, 0) is 4.74 Å². The minimum Gasteiger partial charge on any atom is -0.353 e. The molecule has 0 amide bonds. The molecule has 0 spiro atoms. The lowest BCUT2D eigenvalue weighted by molar-refractivity contribution is 0.405. The van der Waals surface area contributed by atoms with Gasteiger partial charge in [0.05, 0.1) is 6.07 Å². The van der Waals surface area contributed by atoms with Crippen molar-refractivity contribution in [3.05, 3.63) is 0 Å². The Morgan fingerprint density at radius 2 is 2.57 bits per heavy atom. The number of nitriles is 1. The quantitative estimate of drug-likeness (QED) is 0.419. The molecule has 7 heavy (non-hydrogen) atoms.